The quantitative estimate of drug-likeness (QED) is 0.764. The highest BCUT2D eigenvalue weighted by molar-refractivity contribution is 6.30. The number of halogens is 1. The molecule has 1 atom stereocenters. The van der Waals surface area contributed by atoms with Crippen LogP contribution in [0.15, 0.2) is 4.79 Å². The lowest BCUT2D eigenvalue weighted by atomic mass is 10.1. The summed E-state index contributed by atoms with van der Waals surface area (Å²) in [7, 11) is 0. The van der Waals surface area contributed by atoms with Crippen LogP contribution in [0.2, 0.25) is 5.15 Å². The van der Waals surface area contributed by atoms with Crippen molar-refractivity contribution >= 4 is 23.4 Å². The van der Waals surface area contributed by atoms with Crippen molar-refractivity contribution in [2.75, 3.05) is 31.6 Å². The van der Waals surface area contributed by atoms with E-state index < -0.39 is 18.1 Å². The Hall–Kier alpha value is -1.64. The predicted molar refractivity (Wildman–Crippen MR) is 97.9 cm³/mol. The summed E-state index contributed by atoms with van der Waals surface area (Å²) >= 11 is 6.09. The SMILES string of the molecule is Cc1c(Cl)nc(NC[C@H]2CCCN2C2CCOCC2)c(=O)n1CC(=O)O. The summed E-state index contributed by atoms with van der Waals surface area (Å²) in [5.74, 6) is -0.981. The van der Waals surface area contributed by atoms with E-state index in [0.29, 0.717) is 24.3 Å². The highest BCUT2D eigenvalue weighted by Crippen LogP contribution is 2.25. The summed E-state index contributed by atoms with van der Waals surface area (Å²) in [6.45, 7) is 4.41. The van der Waals surface area contributed by atoms with Crippen molar-refractivity contribution in [3.8, 4) is 0 Å². The van der Waals surface area contributed by atoms with Crippen LogP contribution < -0.4 is 10.9 Å². The lowest BCUT2D eigenvalue weighted by Gasteiger charge is -2.35. The second-order valence-electron chi connectivity index (χ2n) is 6.88. The van der Waals surface area contributed by atoms with Crippen molar-refractivity contribution in [2.45, 2.75) is 51.2 Å². The van der Waals surface area contributed by atoms with Gasteiger partial charge in [-0.15, -0.1) is 0 Å². The van der Waals surface area contributed by atoms with Gasteiger partial charge in [0.1, 0.15) is 6.54 Å². The van der Waals surface area contributed by atoms with E-state index in [9.17, 15) is 9.59 Å². The molecule has 0 spiro atoms. The van der Waals surface area contributed by atoms with Crippen molar-refractivity contribution in [3.63, 3.8) is 0 Å². The number of aromatic nitrogens is 2. The van der Waals surface area contributed by atoms with Crippen molar-refractivity contribution in [1.29, 1.82) is 0 Å². The predicted octanol–water partition coefficient (Wildman–Crippen LogP) is 1.35. The largest absolute Gasteiger partial charge is 0.480 e. The average Bonchev–Trinajstić information content (AvgIpc) is 3.10. The molecule has 0 saturated carbocycles. The van der Waals surface area contributed by atoms with Crippen LogP contribution in [0.4, 0.5) is 5.82 Å². The average molecular weight is 385 g/mol. The molecule has 0 amide bonds. The van der Waals surface area contributed by atoms with Crippen LogP contribution in [0.25, 0.3) is 0 Å². The summed E-state index contributed by atoms with van der Waals surface area (Å²) in [5.41, 5.74) is -0.0979. The molecule has 3 rings (SSSR count). The number of rotatable bonds is 6. The maximum atomic E-state index is 12.6. The molecule has 3 heterocycles. The fourth-order valence-corrected chi connectivity index (χ4v) is 4.03. The first-order valence-electron chi connectivity index (χ1n) is 9.03. The Labute approximate surface area is 157 Å². The number of hydrogen-bond acceptors (Lipinski definition) is 6. The minimum Gasteiger partial charge on any atom is -0.480 e. The molecular weight excluding hydrogens is 360 g/mol. The molecule has 26 heavy (non-hydrogen) atoms. The van der Waals surface area contributed by atoms with Gasteiger partial charge in [0.25, 0.3) is 5.56 Å². The second kappa shape index (κ2) is 8.37. The summed E-state index contributed by atoms with van der Waals surface area (Å²) in [6, 6.07) is 0.851. The Bertz CT molecular complexity index is 717. The molecule has 2 aliphatic rings. The van der Waals surface area contributed by atoms with Crippen LogP contribution >= 0.6 is 11.6 Å². The molecule has 2 aliphatic heterocycles. The molecule has 0 unspecified atom stereocenters. The number of carboxylic acid groups (broad SMARTS) is 1. The van der Waals surface area contributed by atoms with E-state index in [2.05, 4.69) is 15.2 Å². The molecule has 0 aliphatic carbocycles. The highest BCUT2D eigenvalue weighted by atomic mass is 35.5. The van der Waals surface area contributed by atoms with Gasteiger partial charge in [-0.1, -0.05) is 11.6 Å². The molecule has 0 radical (unpaired) electrons. The standard InChI is InChI=1S/C17H25ClN4O4/c1-11-15(18)20-16(17(25)22(11)10-14(23)24)19-9-13-3-2-6-21(13)12-4-7-26-8-5-12/h12-13H,2-10H2,1H3,(H,19,20)(H,23,24)/t13-/m1/s1. The molecule has 1 aromatic heterocycles. The van der Waals surface area contributed by atoms with Crippen molar-refractivity contribution in [3.05, 3.63) is 21.2 Å². The van der Waals surface area contributed by atoms with Gasteiger partial charge in [0.2, 0.25) is 0 Å². The fourth-order valence-electron chi connectivity index (χ4n) is 3.85. The van der Waals surface area contributed by atoms with E-state index in [1.54, 1.807) is 6.92 Å². The molecule has 8 nitrogen and oxygen atoms in total. The minimum absolute atomic E-state index is 0.112. The maximum absolute atomic E-state index is 12.6. The number of ether oxygens (including phenoxy) is 1. The zero-order valence-corrected chi connectivity index (χ0v) is 15.7. The third kappa shape index (κ3) is 4.19. The van der Waals surface area contributed by atoms with E-state index in [1.807, 2.05) is 0 Å². The molecule has 9 heteroatoms. The molecule has 0 aromatic carbocycles. The number of carbonyl (C=O) groups is 1. The highest BCUT2D eigenvalue weighted by Gasteiger charge is 2.31. The molecule has 2 N–H and O–H groups in total. The lowest BCUT2D eigenvalue weighted by Crippen LogP contribution is -2.45. The Morgan fingerprint density at radius 1 is 1.38 bits per heavy atom. The van der Waals surface area contributed by atoms with E-state index in [0.717, 1.165) is 50.0 Å². The molecular formula is C17H25ClN4O4. The number of anilines is 1. The van der Waals surface area contributed by atoms with Gasteiger partial charge in [-0.25, -0.2) is 4.98 Å². The molecule has 1 aromatic rings. The Morgan fingerprint density at radius 2 is 2.12 bits per heavy atom. The number of hydrogen-bond donors (Lipinski definition) is 2. The molecule has 2 saturated heterocycles. The smallest absolute Gasteiger partial charge is 0.323 e. The van der Waals surface area contributed by atoms with Crippen LogP contribution in [0.3, 0.4) is 0 Å². The third-order valence-corrected chi connectivity index (χ3v) is 5.60. The topological polar surface area (TPSA) is 96.7 Å². The molecule has 0 bridgehead atoms. The van der Waals surface area contributed by atoms with E-state index in [-0.39, 0.29) is 11.0 Å². The zero-order chi connectivity index (χ0) is 18.7. The zero-order valence-electron chi connectivity index (χ0n) is 14.9. The number of aliphatic carboxylic acids is 1. The van der Waals surface area contributed by atoms with Crippen LogP contribution in [0.1, 0.15) is 31.4 Å². The van der Waals surface area contributed by atoms with Crippen LogP contribution in [0.5, 0.6) is 0 Å². The molecule has 144 valence electrons. The van der Waals surface area contributed by atoms with Gasteiger partial charge in [-0.2, -0.15) is 0 Å². The maximum Gasteiger partial charge on any atom is 0.323 e. The van der Waals surface area contributed by atoms with Crippen molar-refractivity contribution in [1.82, 2.24) is 14.5 Å². The first kappa shape index (κ1) is 19.1. The van der Waals surface area contributed by atoms with Gasteiger partial charge in [0.05, 0.1) is 5.69 Å². The number of nitrogens with one attached hydrogen (secondary N) is 1. The monoisotopic (exact) mass is 384 g/mol. The summed E-state index contributed by atoms with van der Waals surface area (Å²) in [5, 5.41) is 12.3. The number of nitrogens with zero attached hydrogens (tertiary/aromatic N) is 3. The van der Waals surface area contributed by atoms with Gasteiger partial charge < -0.3 is 15.2 Å². The lowest BCUT2D eigenvalue weighted by molar-refractivity contribution is -0.137. The van der Waals surface area contributed by atoms with E-state index in [1.165, 1.54) is 0 Å². The minimum atomic E-state index is -1.09. The Balaban J connectivity index is 1.71. The van der Waals surface area contributed by atoms with Gasteiger partial charge in [-0.05, 0) is 39.2 Å². The Kier molecular flexibility index (Phi) is 6.16. The van der Waals surface area contributed by atoms with Gasteiger partial charge >= 0.3 is 5.97 Å². The summed E-state index contributed by atoms with van der Waals surface area (Å²) in [6.07, 6.45) is 4.27. The van der Waals surface area contributed by atoms with E-state index >= 15 is 0 Å². The summed E-state index contributed by atoms with van der Waals surface area (Å²) in [4.78, 5) is 30.2. The third-order valence-electron chi connectivity index (χ3n) is 5.24. The van der Waals surface area contributed by atoms with Crippen LogP contribution in [-0.4, -0.2) is 63.9 Å². The van der Waals surface area contributed by atoms with Gasteiger partial charge in [0.15, 0.2) is 11.0 Å². The normalized spacial score (nSPS) is 21.8. The van der Waals surface area contributed by atoms with Crippen molar-refractivity contribution in [2.24, 2.45) is 0 Å². The van der Waals surface area contributed by atoms with Crippen molar-refractivity contribution < 1.29 is 14.6 Å². The van der Waals surface area contributed by atoms with Gasteiger partial charge in [0, 0.05) is 31.8 Å². The van der Waals surface area contributed by atoms with Gasteiger partial charge in [-0.3, -0.25) is 19.1 Å². The van der Waals surface area contributed by atoms with E-state index in [4.69, 9.17) is 21.4 Å². The second-order valence-corrected chi connectivity index (χ2v) is 7.24. The Morgan fingerprint density at radius 3 is 2.81 bits per heavy atom. The first-order chi connectivity index (χ1) is 12.5. The number of likely N-dealkylation sites (tertiary alicyclic amines) is 1. The first-order valence-corrected chi connectivity index (χ1v) is 9.41. The molecule has 2 fully saturated rings. The number of carboxylic acids is 1. The summed E-state index contributed by atoms with van der Waals surface area (Å²) < 4.78 is 6.59. The van der Waals surface area contributed by atoms with Crippen LogP contribution in [-0.2, 0) is 16.1 Å². The van der Waals surface area contributed by atoms with Crippen LogP contribution in [0, 0.1) is 6.92 Å². The fraction of sp³-hybridized carbons (Fsp3) is 0.706.